The van der Waals surface area contributed by atoms with Gasteiger partial charge in [-0.15, -0.1) is 56.7 Å². The van der Waals surface area contributed by atoms with Gasteiger partial charge in [0.2, 0.25) is 0 Å². The van der Waals surface area contributed by atoms with Gasteiger partial charge in [0.05, 0.1) is 42.3 Å². The molecule has 178 valence electrons. The zero-order chi connectivity index (χ0) is 24.6. The number of pyridine rings is 2. The third-order valence-corrected chi connectivity index (χ3v) is 10.7. The van der Waals surface area contributed by atoms with Gasteiger partial charge in [-0.05, 0) is 93.3 Å². The molecular weight excluding hydrogens is 549 g/mol. The SMILES string of the molecule is c1csc(-c2cc(-c3ccc(-c4cc(-c5cccs5)nc(-c5cccs5)c4)s3)cc(-c3cccs3)n2)c1. The lowest BCUT2D eigenvalue weighted by molar-refractivity contribution is 1.35. The van der Waals surface area contributed by atoms with Crippen LogP contribution < -0.4 is 0 Å². The highest BCUT2D eigenvalue weighted by Crippen LogP contribution is 2.40. The molecule has 7 heteroatoms. The molecule has 0 aromatic carbocycles. The molecule has 0 aliphatic heterocycles. The van der Waals surface area contributed by atoms with E-state index in [0.717, 1.165) is 22.8 Å². The number of hydrogen-bond donors (Lipinski definition) is 0. The first-order valence-electron chi connectivity index (χ1n) is 11.6. The maximum atomic E-state index is 5.01. The standard InChI is InChI=1S/C30H18N2S5/c1-5-27(33-11-1)21-15-19(16-22(31-21)28-6-2-12-34-28)25-9-10-26(37-25)20-17-23(29-7-3-13-35-29)32-24(18-20)30-8-4-14-36-30/h1-18H. The van der Waals surface area contributed by atoms with Crippen LogP contribution in [0.15, 0.2) is 106 Å². The molecule has 0 fully saturated rings. The van der Waals surface area contributed by atoms with Crippen molar-refractivity contribution in [1.82, 2.24) is 9.97 Å². The Hall–Kier alpha value is -3.20. The van der Waals surface area contributed by atoms with Crippen molar-refractivity contribution in [3.05, 3.63) is 106 Å². The Balaban J connectivity index is 1.33. The Kier molecular flexibility index (Phi) is 6.16. The van der Waals surface area contributed by atoms with Crippen molar-refractivity contribution in [3.8, 4) is 63.2 Å². The van der Waals surface area contributed by atoms with Gasteiger partial charge in [0.1, 0.15) is 0 Å². The van der Waals surface area contributed by atoms with Gasteiger partial charge < -0.3 is 0 Å². The van der Waals surface area contributed by atoms with Gasteiger partial charge in [0.25, 0.3) is 0 Å². The third kappa shape index (κ3) is 4.65. The van der Waals surface area contributed by atoms with Gasteiger partial charge in [-0.25, -0.2) is 9.97 Å². The molecule has 0 saturated carbocycles. The smallest absolute Gasteiger partial charge is 0.0816 e. The highest BCUT2D eigenvalue weighted by molar-refractivity contribution is 7.19. The van der Waals surface area contributed by atoms with Gasteiger partial charge in [-0.2, -0.15) is 0 Å². The molecule has 7 aromatic heterocycles. The number of nitrogens with zero attached hydrogens (tertiary/aromatic N) is 2. The average molecular weight is 567 g/mol. The fourth-order valence-electron chi connectivity index (χ4n) is 4.20. The summed E-state index contributed by atoms with van der Waals surface area (Å²) in [4.78, 5) is 17.2. The molecule has 0 amide bonds. The summed E-state index contributed by atoms with van der Waals surface area (Å²) in [7, 11) is 0. The maximum absolute atomic E-state index is 5.01. The minimum Gasteiger partial charge on any atom is -0.246 e. The monoisotopic (exact) mass is 566 g/mol. The van der Waals surface area contributed by atoms with Crippen LogP contribution in [-0.4, -0.2) is 9.97 Å². The summed E-state index contributed by atoms with van der Waals surface area (Å²) < 4.78 is 0. The van der Waals surface area contributed by atoms with E-state index in [1.165, 1.54) is 40.4 Å². The van der Waals surface area contributed by atoms with Gasteiger partial charge >= 0.3 is 0 Å². The number of hydrogen-bond acceptors (Lipinski definition) is 7. The molecule has 0 unspecified atom stereocenters. The van der Waals surface area contributed by atoms with Crippen molar-refractivity contribution in [2.45, 2.75) is 0 Å². The lowest BCUT2D eigenvalue weighted by Gasteiger charge is -2.07. The van der Waals surface area contributed by atoms with E-state index in [9.17, 15) is 0 Å². The van der Waals surface area contributed by atoms with Crippen molar-refractivity contribution in [3.63, 3.8) is 0 Å². The van der Waals surface area contributed by atoms with Crippen LogP contribution in [-0.2, 0) is 0 Å². The van der Waals surface area contributed by atoms with Crippen LogP contribution in [0.4, 0.5) is 0 Å². The molecule has 0 N–H and O–H groups in total. The number of thiophene rings is 5. The summed E-state index contributed by atoms with van der Waals surface area (Å²) in [6, 6.07) is 30.3. The Morgan fingerprint density at radius 2 is 0.703 bits per heavy atom. The van der Waals surface area contributed by atoms with Crippen LogP contribution in [0.25, 0.3) is 63.2 Å². The molecule has 0 atom stereocenters. The van der Waals surface area contributed by atoms with Crippen LogP contribution in [0.2, 0.25) is 0 Å². The zero-order valence-electron chi connectivity index (χ0n) is 19.3. The van der Waals surface area contributed by atoms with Crippen molar-refractivity contribution in [1.29, 1.82) is 0 Å². The summed E-state index contributed by atoms with van der Waals surface area (Å²) in [5.41, 5.74) is 6.49. The molecule has 0 aliphatic rings. The average Bonchev–Trinajstić information content (AvgIpc) is 3.80. The quantitative estimate of drug-likeness (QED) is 0.200. The van der Waals surface area contributed by atoms with E-state index >= 15 is 0 Å². The van der Waals surface area contributed by atoms with Crippen LogP contribution in [0.3, 0.4) is 0 Å². The fraction of sp³-hybridized carbons (Fsp3) is 0. The molecular formula is C30H18N2S5. The molecule has 0 bridgehead atoms. The van der Waals surface area contributed by atoms with Crippen molar-refractivity contribution < 1.29 is 0 Å². The molecule has 0 spiro atoms. The molecule has 7 rings (SSSR count). The van der Waals surface area contributed by atoms with E-state index in [2.05, 4.69) is 106 Å². The van der Waals surface area contributed by atoms with E-state index in [1.807, 2.05) is 11.3 Å². The van der Waals surface area contributed by atoms with E-state index in [1.54, 1.807) is 45.3 Å². The van der Waals surface area contributed by atoms with Gasteiger partial charge in [-0.3, -0.25) is 0 Å². The fourth-order valence-corrected chi connectivity index (χ4v) is 7.92. The zero-order valence-corrected chi connectivity index (χ0v) is 23.4. The van der Waals surface area contributed by atoms with Crippen LogP contribution in [0.1, 0.15) is 0 Å². The molecule has 2 nitrogen and oxygen atoms in total. The minimum atomic E-state index is 1.02. The predicted octanol–water partition coefficient (Wildman–Crippen LogP) is 10.8. The number of rotatable bonds is 6. The first-order valence-corrected chi connectivity index (χ1v) is 15.9. The van der Waals surface area contributed by atoms with Crippen molar-refractivity contribution >= 4 is 56.7 Å². The Morgan fingerprint density at radius 3 is 0.973 bits per heavy atom. The van der Waals surface area contributed by atoms with Gasteiger partial charge in [0, 0.05) is 9.75 Å². The van der Waals surface area contributed by atoms with Crippen LogP contribution in [0.5, 0.6) is 0 Å². The normalized spacial score (nSPS) is 11.2. The second-order valence-corrected chi connectivity index (χ2v) is 13.2. The maximum Gasteiger partial charge on any atom is 0.0816 e. The largest absolute Gasteiger partial charge is 0.246 e. The topological polar surface area (TPSA) is 25.8 Å². The Bertz CT molecular complexity index is 1520. The summed E-state index contributed by atoms with van der Waals surface area (Å²) in [6.45, 7) is 0. The Labute approximate surface area is 234 Å². The molecule has 0 radical (unpaired) electrons. The van der Waals surface area contributed by atoms with Crippen molar-refractivity contribution in [2.24, 2.45) is 0 Å². The Morgan fingerprint density at radius 1 is 0.378 bits per heavy atom. The molecule has 7 heterocycles. The molecule has 7 aromatic rings. The van der Waals surface area contributed by atoms with Crippen molar-refractivity contribution in [2.75, 3.05) is 0 Å². The molecule has 0 aliphatic carbocycles. The second-order valence-electron chi connectivity index (χ2n) is 8.33. The highest BCUT2D eigenvalue weighted by Gasteiger charge is 2.15. The molecule has 0 saturated heterocycles. The third-order valence-electron chi connectivity index (χ3n) is 5.92. The summed E-state index contributed by atoms with van der Waals surface area (Å²) in [5, 5.41) is 8.43. The van der Waals surface area contributed by atoms with Gasteiger partial charge in [0.15, 0.2) is 0 Å². The first-order chi connectivity index (χ1) is 18.3. The molecule has 37 heavy (non-hydrogen) atoms. The van der Waals surface area contributed by atoms with E-state index < -0.39 is 0 Å². The summed E-state index contributed by atoms with van der Waals surface area (Å²) in [5.74, 6) is 0. The van der Waals surface area contributed by atoms with E-state index in [0.29, 0.717) is 0 Å². The summed E-state index contributed by atoms with van der Waals surface area (Å²) in [6.07, 6.45) is 0. The van der Waals surface area contributed by atoms with Crippen LogP contribution >= 0.6 is 56.7 Å². The minimum absolute atomic E-state index is 1.02. The second kappa shape index (κ2) is 9.93. The van der Waals surface area contributed by atoms with E-state index in [4.69, 9.17) is 9.97 Å². The van der Waals surface area contributed by atoms with E-state index in [-0.39, 0.29) is 0 Å². The lowest BCUT2D eigenvalue weighted by Crippen LogP contribution is -1.87. The lowest BCUT2D eigenvalue weighted by atomic mass is 10.1. The first kappa shape index (κ1) is 23.0. The highest BCUT2D eigenvalue weighted by atomic mass is 32.1. The summed E-state index contributed by atoms with van der Waals surface area (Å²) >= 11 is 8.73. The van der Waals surface area contributed by atoms with Gasteiger partial charge in [-0.1, -0.05) is 24.3 Å². The predicted molar refractivity (Wildman–Crippen MR) is 164 cm³/mol. The number of aromatic nitrogens is 2. The van der Waals surface area contributed by atoms with Crippen LogP contribution in [0, 0.1) is 0 Å².